The highest BCUT2D eigenvalue weighted by molar-refractivity contribution is 5.92. The first-order valence-electron chi connectivity index (χ1n) is 8.55. The number of carbonyl (C=O) groups is 1. The minimum Gasteiger partial charge on any atom is -0.453 e. The molecule has 1 aromatic carbocycles. The molecule has 0 aliphatic carbocycles. The summed E-state index contributed by atoms with van der Waals surface area (Å²) < 4.78 is 5.51. The van der Waals surface area contributed by atoms with Crippen LogP contribution < -0.4 is 0 Å². The fourth-order valence-electron chi connectivity index (χ4n) is 3.55. The van der Waals surface area contributed by atoms with Crippen LogP contribution in [-0.4, -0.2) is 29.5 Å². The molecule has 1 aromatic rings. The van der Waals surface area contributed by atoms with Crippen LogP contribution in [0.1, 0.15) is 42.9 Å². The molecule has 0 fully saturated rings. The van der Waals surface area contributed by atoms with Crippen LogP contribution in [0.5, 0.6) is 0 Å². The molecule has 0 saturated carbocycles. The van der Waals surface area contributed by atoms with Crippen molar-refractivity contribution in [3.63, 3.8) is 0 Å². The molecule has 0 radical (unpaired) electrons. The van der Waals surface area contributed by atoms with Crippen molar-refractivity contribution in [3.05, 3.63) is 46.2 Å². The summed E-state index contributed by atoms with van der Waals surface area (Å²) in [6.07, 6.45) is 4.63. The molecule has 0 bridgehead atoms. The summed E-state index contributed by atoms with van der Waals surface area (Å²) in [5, 5.41) is 18.6. The number of ether oxygens (including phenoxy) is 1. The van der Waals surface area contributed by atoms with Crippen molar-refractivity contribution in [1.82, 2.24) is 0 Å². The van der Waals surface area contributed by atoms with Crippen LogP contribution in [-0.2, 0) is 16.0 Å². The lowest BCUT2D eigenvalue weighted by atomic mass is 9.83. The quantitative estimate of drug-likeness (QED) is 0.859. The smallest absolute Gasteiger partial charge is 0.336 e. The fraction of sp³-hybridized carbons (Fsp3) is 0.450. The summed E-state index contributed by atoms with van der Waals surface area (Å²) in [6, 6.07) is 7.96. The number of cyclic esters (lactones) is 1. The SMILES string of the molecule is Cc1cc(CC2CCC=NC3=C2C(=O)OC(C)(CO)C3)ccc1C#N. The zero-order valence-electron chi connectivity index (χ0n) is 14.6. The van der Waals surface area contributed by atoms with E-state index in [2.05, 4.69) is 11.1 Å². The van der Waals surface area contributed by atoms with E-state index in [-0.39, 0.29) is 18.5 Å². The molecule has 25 heavy (non-hydrogen) atoms. The molecule has 0 saturated heterocycles. The number of nitrogens with zero attached hydrogens (tertiary/aromatic N) is 2. The second kappa shape index (κ2) is 6.81. The molecule has 5 nitrogen and oxygen atoms in total. The van der Waals surface area contributed by atoms with Gasteiger partial charge in [-0.05, 0) is 56.2 Å². The van der Waals surface area contributed by atoms with E-state index in [0.29, 0.717) is 24.0 Å². The number of hydrogen-bond acceptors (Lipinski definition) is 5. The lowest BCUT2D eigenvalue weighted by Crippen LogP contribution is -2.41. The molecule has 0 spiro atoms. The van der Waals surface area contributed by atoms with Crippen LogP contribution >= 0.6 is 0 Å². The molecule has 1 N–H and O–H groups in total. The monoisotopic (exact) mass is 338 g/mol. The van der Waals surface area contributed by atoms with Crippen LogP contribution in [0.2, 0.25) is 0 Å². The zero-order chi connectivity index (χ0) is 18.0. The van der Waals surface area contributed by atoms with Crippen LogP contribution in [0.4, 0.5) is 0 Å². The number of aliphatic hydroxyl groups excluding tert-OH is 1. The largest absolute Gasteiger partial charge is 0.453 e. The normalized spacial score (nSPS) is 25.8. The first kappa shape index (κ1) is 17.4. The van der Waals surface area contributed by atoms with Gasteiger partial charge in [-0.2, -0.15) is 5.26 Å². The molecule has 5 heteroatoms. The third-order valence-corrected chi connectivity index (χ3v) is 4.94. The van der Waals surface area contributed by atoms with Crippen molar-refractivity contribution in [2.45, 2.75) is 45.1 Å². The first-order valence-corrected chi connectivity index (χ1v) is 8.55. The Morgan fingerprint density at radius 2 is 2.28 bits per heavy atom. The standard InChI is InChI=1S/C20H22N2O3/c1-13-8-14(5-6-16(13)11-21)9-15-4-3-7-22-17-10-20(2,12-23)25-19(24)18(15)17/h5-8,15,23H,3-4,9-10,12H2,1-2H3. The Bertz CT molecular complexity index is 804. The summed E-state index contributed by atoms with van der Waals surface area (Å²) in [5.41, 5.74) is 3.19. The highest BCUT2D eigenvalue weighted by Crippen LogP contribution is 2.37. The molecular weight excluding hydrogens is 316 g/mol. The number of nitriles is 1. The summed E-state index contributed by atoms with van der Waals surface area (Å²) in [5.74, 6) is -0.340. The average molecular weight is 338 g/mol. The van der Waals surface area contributed by atoms with Gasteiger partial charge in [0.15, 0.2) is 0 Å². The molecule has 0 aromatic heterocycles. The van der Waals surface area contributed by atoms with Crippen LogP contribution in [0.3, 0.4) is 0 Å². The van der Waals surface area contributed by atoms with Crippen molar-refractivity contribution in [2.75, 3.05) is 6.61 Å². The van der Waals surface area contributed by atoms with Crippen LogP contribution in [0.15, 0.2) is 34.5 Å². The predicted molar refractivity (Wildman–Crippen MR) is 94.0 cm³/mol. The third kappa shape index (κ3) is 3.49. The number of esters is 1. The third-order valence-electron chi connectivity index (χ3n) is 4.94. The van der Waals surface area contributed by atoms with E-state index < -0.39 is 5.60 Å². The lowest BCUT2D eigenvalue weighted by Gasteiger charge is -2.34. The molecule has 2 aliphatic rings. The van der Waals surface area contributed by atoms with Gasteiger partial charge in [-0.3, -0.25) is 4.99 Å². The summed E-state index contributed by atoms with van der Waals surface area (Å²) >= 11 is 0. The maximum Gasteiger partial charge on any atom is 0.336 e. The number of rotatable bonds is 3. The topological polar surface area (TPSA) is 82.7 Å². The van der Waals surface area contributed by atoms with Gasteiger partial charge < -0.3 is 9.84 Å². The van der Waals surface area contributed by atoms with E-state index in [0.717, 1.165) is 29.7 Å². The van der Waals surface area contributed by atoms with E-state index in [9.17, 15) is 9.90 Å². The first-order chi connectivity index (χ1) is 12.0. The number of aliphatic hydroxyl groups is 1. The Balaban J connectivity index is 1.91. The Morgan fingerprint density at radius 3 is 2.96 bits per heavy atom. The number of aliphatic imine (C=N–C) groups is 1. The fourth-order valence-corrected chi connectivity index (χ4v) is 3.55. The van der Waals surface area contributed by atoms with Gasteiger partial charge in [0.2, 0.25) is 0 Å². The van der Waals surface area contributed by atoms with E-state index >= 15 is 0 Å². The van der Waals surface area contributed by atoms with Gasteiger partial charge in [-0.25, -0.2) is 4.79 Å². The molecule has 3 rings (SSSR count). The van der Waals surface area contributed by atoms with Crippen molar-refractivity contribution >= 4 is 12.2 Å². The molecule has 2 heterocycles. The van der Waals surface area contributed by atoms with Gasteiger partial charge in [0, 0.05) is 12.6 Å². The molecule has 2 aliphatic heterocycles. The number of hydrogen-bond donors (Lipinski definition) is 1. The molecule has 2 atom stereocenters. The Morgan fingerprint density at radius 1 is 1.48 bits per heavy atom. The lowest BCUT2D eigenvalue weighted by molar-refractivity contribution is -0.160. The second-order valence-electron chi connectivity index (χ2n) is 7.09. The van der Waals surface area contributed by atoms with Crippen molar-refractivity contribution < 1.29 is 14.6 Å². The highest BCUT2D eigenvalue weighted by atomic mass is 16.6. The van der Waals surface area contributed by atoms with Gasteiger partial charge in [0.25, 0.3) is 0 Å². The Hall–Kier alpha value is -2.45. The number of benzene rings is 1. The minimum atomic E-state index is -0.896. The molecular formula is C20H22N2O3. The predicted octanol–water partition coefficient (Wildman–Crippen LogP) is 2.84. The van der Waals surface area contributed by atoms with Crippen molar-refractivity contribution in [2.24, 2.45) is 10.9 Å². The second-order valence-corrected chi connectivity index (χ2v) is 7.09. The van der Waals surface area contributed by atoms with E-state index in [1.807, 2.05) is 31.3 Å². The minimum absolute atomic E-state index is 0.0283. The summed E-state index contributed by atoms with van der Waals surface area (Å²) in [6.45, 7) is 3.43. The average Bonchev–Trinajstić information content (AvgIpc) is 2.77. The number of carbonyl (C=O) groups excluding carboxylic acids is 1. The Kier molecular flexibility index (Phi) is 4.73. The number of aryl methyl sites for hydroxylation is 1. The van der Waals surface area contributed by atoms with E-state index in [4.69, 9.17) is 10.00 Å². The highest BCUT2D eigenvalue weighted by Gasteiger charge is 2.40. The molecule has 2 unspecified atom stereocenters. The zero-order valence-corrected chi connectivity index (χ0v) is 14.6. The molecule has 0 amide bonds. The van der Waals surface area contributed by atoms with Crippen molar-refractivity contribution in [1.29, 1.82) is 5.26 Å². The van der Waals surface area contributed by atoms with Gasteiger partial charge in [0.1, 0.15) is 5.60 Å². The van der Waals surface area contributed by atoms with Crippen LogP contribution in [0.25, 0.3) is 0 Å². The van der Waals surface area contributed by atoms with Gasteiger partial charge in [0.05, 0.1) is 29.5 Å². The van der Waals surface area contributed by atoms with Gasteiger partial charge in [-0.15, -0.1) is 0 Å². The van der Waals surface area contributed by atoms with Crippen LogP contribution in [0, 0.1) is 24.2 Å². The van der Waals surface area contributed by atoms with E-state index in [1.165, 1.54) is 0 Å². The maximum atomic E-state index is 12.6. The summed E-state index contributed by atoms with van der Waals surface area (Å²) in [7, 11) is 0. The van der Waals surface area contributed by atoms with Gasteiger partial charge in [-0.1, -0.05) is 12.1 Å². The Labute approximate surface area is 147 Å². The van der Waals surface area contributed by atoms with Crippen molar-refractivity contribution in [3.8, 4) is 6.07 Å². The van der Waals surface area contributed by atoms with E-state index in [1.54, 1.807) is 6.92 Å². The molecule has 130 valence electrons. The maximum absolute atomic E-state index is 12.6. The summed E-state index contributed by atoms with van der Waals surface area (Å²) in [4.78, 5) is 17.1. The van der Waals surface area contributed by atoms with Gasteiger partial charge >= 0.3 is 5.97 Å².